The summed E-state index contributed by atoms with van der Waals surface area (Å²) in [7, 11) is 1.88. The predicted molar refractivity (Wildman–Crippen MR) is 71.9 cm³/mol. The lowest BCUT2D eigenvalue weighted by atomic mass is 9.96. The molecule has 0 bridgehead atoms. The fourth-order valence-corrected chi connectivity index (χ4v) is 2.46. The van der Waals surface area contributed by atoms with Gasteiger partial charge in [0, 0.05) is 31.3 Å². The van der Waals surface area contributed by atoms with Crippen LogP contribution in [0.2, 0.25) is 0 Å². The van der Waals surface area contributed by atoms with Crippen molar-refractivity contribution in [1.82, 2.24) is 24.7 Å². The number of nitrogens with zero attached hydrogens (tertiary/aromatic N) is 5. The lowest BCUT2D eigenvalue weighted by molar-refractivity contribution is 0.663. The second-order valence-corrected chi connectivity index (χ2v) is 4.87. The van der Waals surface area contributed by atoms with Gasteiger partial charge in [-0.05, 0) is 25.7 Å². The maximum absolute atomic E-state index is 4.37. The van der Waals surface area contributed by atoms with Crippen LogP contribution < -0.4 is 5.32 Å². The summed E-state index contributed by atoms with van der Waals surface area (Å²) in [5.41, 5.74) is 2.50. The molecule has 0 spiro atoms. The summed E-state index contributed by atoms with van der Waals surface area (Å²) in [4.78, 5) is 12.9. The van der Waals surface area contributed by atoms with Crippen molar-refractivity contribution in [2.24, 2.45) is 7.05 Å². The number of anilines is 1. The number of fused-ring (bicyclic) bond motifs is 1. The zero-order valence-electron chi connectivity index (χ0n) is 11.1. The van der Waals surface area contributed by atoms with E-state index in [9.17, 15) is 0 Å². The average Bonchev–Trinajstić information content (AvgIpc) is 2.85. The second-order valence-electron chi connectivity index (χ2n) is 4.87. The molecule has 0 amide bonds. The highest BCUT2D eigenvalue weighted by atomic mass is 15.3. The predicted octanol–water partition coefficient (Wildman–Crippen LogP) is 1.14. The Labute approximate surface area is 112 Å². The highest BCUT2D eigenvalue weighted by Gasteiger charge is 2.15. The molecule has 0 fully saturated rings. The fraction of sp³-hybridized carbons (Fsp3) is 0.538. The smallest absolute Gasteiger partial charge is 0.152 e. The molecule has 0 saturated heterocycles. The molecule has 1 N–H and O–H groups in total. The molecule has 2 heterocycles. The Morgan fingerprint density at radius 2 is 2.11 bits per heavy atom. The Morgan fingerprint density at radius 1 is 1.21 bits per heavy atom. The van der Waals surface area contributed by atoms with Crippen molar-refractivity contribution in [3.8, 4) is 0 Å². The summed E-state index contributed by atoms with van der Waals surface area (Å²) in [5.74, 6) is 1.85. The number of aryl methyl sites for hydroxylation is 2. The Bertz CT molecular complexity index is 562. The van der Waals surface area contributed by atoms with Gasteiger partial charge in [-0.15, -0.1) is 0 Å². The van der Waals surface area contributed by atoms with Crippen LogP contribution in [0.25, 0.3) is 0 Å². The third-order valence-electron chi connectivity index (χ3n) is 3.41. The lowest BCUT2D eigenvalue weighted by Crippen LogP contribution is -2.14. The number of hydrogen-bond acceptors (Lipinski definition) is 5. The first kappa shape index (κ1) is 12.1. The molecule has 1 aliphatic rings. The van der Waals surface area contributed by atoms with E-state index >= 15 is 0 Å². The van der Waals surface area contributed by atoms with Crippen LogP contribution >= 0.6 is 0 Å². The van der Waals surface area contributed by atoms with E-state index in [4.69, 9.17) is 0 Å². The molecule has 3 rings (SSSR count). The lowest BCUT2D eigenvalue weighted by Gasteiger charge is -2.17. The van der Waals surface area contributed by atoms with Gasteiger partial charge in [-0.2, -0.15) is 5.10 Å². The van der Waals surface area contributed by atoms with E-state index in [-0.39, 0.29) is 0 Å². The van der Waals surface area contributed by atoms with E-state index in [1.165, 1.54) is 24.1 Å². The van der Waals surface area contributed by atoms with Crippen LogP contribution in [0.5, 0.6) is 0 Å². The summed E-state index contributed by atoms with van der Waals surface area (Å²) in [6.45, 7) is 0.799. The van der Waals surface area contributed by atoms with E-state index < -0.39 is 0 Å². The molecule has 0 unspecified atom stereocenters. The first-order valence-corrected chi connectivity index (χ1v) is 6.74. The van der Waals surface area contributed by atoms with Crippen LogP contribution in [0.1, 0.15) is 29.9 Å². The summed E-state index contributed by atoms with van der Waals surface area (Å²) in [6.07, 6.45) is 8.82. The average molecular weight is 258 g/mol. The van der Waals surface area contributed by atoms with Crippen molar-refractivity contribution in [1.29, 1.82) is 0 Å². The van der Waals surface area contributed by atoms with E-state index in [1.54, 1.807) is 17.3 Å². The van der Waals surface area contributed by atoms with Gasteiger partial charge in [-0.1, -0.05) is 0 Å². The summed E-state index contributed by atoms with van der Waals surface area (Å²) in [6, 6.07) is 0. The van der Waals surface area contributed by atoms with Gasteiger partial charge >= 0.3 is 0 Å². The Morgan fingerprint density at radius 3 is 2.95 bits per heavy atom. The maximum Gasteiger partial charge on any atom is 0.152 e. The topological polar surface area (TPSA) is 68.5 Å². The van der Waals surface area contributed by atoms with Gasteiger partial charge in [-0.3, -0.25) is 4.68 Å². The van der Waals surface area contributed by atoms with Gasteiger partial charge in [-0.25, -0.2) is 15.0 Å². The minimum absolute atomic E-state index is 0.799. The zero-order chi connectivity index (χ0) is 13.1. The van der Waals surface area contributed by atoms with Crippen molar-refractivity contribution in [3.63, 3.8) is 0 Å². The zero-order valence-corrected chi connectivity index (χ0v) is 11.1. The Hall–Kier alpha value is -1.98. The van der Waals surface area contributed by atoms with Gasteiger partial charge in [0.05, 0.1) is 0 Å². The standard InChI is InChI=1S/C13H18N6/c1-19-9-17-12(18-19)6-7-14-13-10-4-2-3-5-11(10)15-8-16-13/h8-9H,2-7H2,1H3,(H,14,15,16). The minimum atomic E-state index is 0.799. The third kappa shape index (κ3) is 2.72. The first-order chi connectivity index (χ1) is 9.33. The van der Waals surface area contributed by atoms with Gasteiger partial charge in [0.1, 0.15) is 18.5 Å². The molecular formula is C13H18N6. The van der Waals surface area contributed by atoms with Gasteiger partial charge in [0.2, 0.25) is 0 Å². The third-order valence-corrected chi connectivity index (χ3v) is 3.41. The molecule has 1 aliphatic carbocycles. The fourth-order valence-electron chi connectivity index (χ4n) is 2.46. The molecule has 0 radical (unpaired) electrons. The Balaban J connectivity index is 1.64. The molecule has 2 aromatic heterocycles. The maximum atomic E-state index is 4.37. The largest absolute Gasteiger partial charge is 0.369 e. The van der Waals surface area contributed by atoms with E-state index in [0.717, 1.165) is 37.4 Å². The molecule has 0 aromatic carbocycles. The summed E-state index contributed by atoms with van der Waals surface area (Å²) >= 11 is 0. The highest BCUT2D eigenvalue weighted by molar-refractivity contribution is 5.46. The number of nitrogens with one attached hydrogen (secondary N) is 1. The minimum Gasteiger partial charge on any atom is -0.369 e. The van der Waals surface area contributed by atoms with Gasteiger partial charge < -0.3 is 5.32 Å². The summed E-state index contributed by atoms with van der Waals surface area (Å²) in [5, 5.41) is 7.65. The molecule has 0 saturated carbocycles. The quantitative estimate of drug-likeness (QED) is 0.890. The first-order valence-electron chi connectivity index (χ1n) is 6.74. The van der Waals surface area contributed by atoms with E-state index in [2.05, 4.69) is 25.4 Å². The highest BCUT2D eigenvalue weighted by Crippen LogP contribution is 2.24. The Kier molecular flexibility index (Phi) is 3.39. The van der Waals surface area contributed by atoms with Crippen molar-refractivity contribution in [2.75, 3.05) is 11.9 Å². The van der Waals surface area contributed by atoms with Crippen molar-refractivity contribution in [3.05, 3.63) is 29.7 Å². The van der Waals surface area contributed by atoms with Crippen LogP contribution in [0.3, 0.4) is 0 Å². The molecule has 2 aromatic rings. The van der Waals surface area contributed by atoms with E-state index in [1.807, 2.05) is 7.05 Å². The SMILES string of the molecule is Cn1cnc(CCNc2ncnc3c2CCCC3)n1. The molecule has 0 atom stereocenters. The van der Waals surface area contributed by atoms with Crippen LogP contribution in [-0.4, -0.2) is 31.3 Å². The van der Waals surface area contributed by atoms with Gasteiger partial charge in [0.15, 0.2) is 5.82 Å². The number of hydrogen-bond donors (Lipinski definition) is 1. The van der Waals surface area contributed by atoms with Crippen molar-refractivity contribution in [2.45, 2.75) is 32.1 Å². The number of rotatable bonds is 4. The van der Waals surface area contributed by atoms with E-state index in [0.29, 0.717) is 0 Å². The van der Waals surface area contributed by atoms with Gasteiger partial charge in [0.25, 0.3) is 0 Å². The monoisotopic (exact) mass is 258 g/mol. The van der Waals surface area contributed by atoms with Crippen molar-refractivity contribution >= 4 is 5.82 Å². The van der Waals surface area contributed by atoms with Crippen LogP contribution in [0, 0.1) is 0 Å². The van der Waals surface area contributed by atoms with Crippen molar-refractivity contribution < 1.29 is 0 Å². The number of aromatic nitrogens is 5. The van der Waals surface area contributed by atoms with Crippen LogP contribution in [0.15, 0.2) is 12.7 Å². The summed E-state index contributed by atoms with van der Waals surface area (Å²) < 4.78 is 1.72. The molecular weight excluding hydrogens is 240 g/mol. The molecule has 6 heteroatoms. The molecule has 19 heavy (non-hydrogen) atoms. The van der Waals surface area contributed by atoms with Crippen LogP contribution in [0.4, 0.5) is 5.82 Å². The van der Waals surface area contributed by atoms with Crippen LogP contribution in [-0.2, 0) is 26.3 Å². The normalized spacial score (nSPS) is 14.2. The molecule has 0 aliphatic heterocycles. The molecule has 100 valence electrons. The molecule has 6 nitrogen and oxygen atoms in total. The second kappa shape index (κ2) is 5.34.